The third kappa shape index (κ3) is 2.81. The fourth-order valence-electron chi connectivity index (χ4n) is 3.01. The highest BCUT2D eigenvalue weighted by molar-refractivity contribution is 6.31. The monoisotopic (exact) mass is 309 g/mol. The van der Waals surface area contributed by atoms with E-state index in [1.54, 1.807) is 6.92 Å². The van der Waals surface area contributed by atoms with Gasteiger partial charge in [-0.1, -0.05) is 24.6 Å². The van der Waals surface area contributed by atoms with E-state index in [2.05, 4.69) is 0 Å². The number of nitriles is 1. The summed E-state index contributed by atoms with van der Waals surface area (Å²) in [5, 5.41) is 9.46. The van der Waals surface area contributed by atoms with Gasteiger partial charge in [0.05, 0.1) is 24.2 Å². The highest BCUT2D eigenvalue weighted by atomic mass is 35.5. The Morgan fingerprint density at radius 3 is 2.52 bits per heavy atom. The van der Waals surface area contributed by atoms with Crippen LogP contribution in [0.5, 0.6) is 0 Å². The molecule has 2 rings (SSSR count). The number of nitrogens with zero attached hydrogens (tertiary/aromatic N) is 1. The van der Waals surface area contributed by atoms with Crippen LogP contribution in [0.1, 0.15) is 32.3 Å². The topological polar surface area (TPSA) is 50.1 Å². The number of benzene rings is 1. The molecule has 5 heteroatoms. The molecule has 1 aromatic rings. The minimum atomic E-state index is -1.21. The number of hydrogen-bond acceptors (Lipinski definition) is 3. The molecule has 1 aromatic carbocycles. The number of Topliss-reactive ketones (excluding diaryl/α,β-unsaturated/α-hetero) is 1. The van der Waals surface area contributed by atoms with Gasteiger partial charge in [0.1, 0.15) is 11.7 Å². The van der Waals surface area contributed by atoms with Crippen molar-refractivity contribution in [3.63, 3.8) is 0 Å². The minimum Gasteiger partial charge on any atom is -0.375 e. The molecule has 0 radical (unpaired) electrons. The maximum absolute atomic E-state index is 14.0. The van der Waals surface area contributed by atoms with Gasteiger partial charge < -0.3 is 4.74 Å². The van der Waals surface area contributed by atoms with E-state index in [1.165, 1.54) is 18.2 Å². The third-order valence-electron chi connectivity index (χ3n) is 4.27. The summed E-state index contributed by atoms with van der Waals surface area (Å²) >= 11 is 5.98. The zero-order valence-corrected chi connectivity index (χ0v) is 12.9. The lowest BCUT2D eigenvalue weighted by atomic mass is 9.79. The molecule has 0 spiro atoms. The molecule has 21 heavy (non-hydrogen) atoms. The maximum atomic E-state index is 14.0. The zero-order valence-electron chi connectivity index (χ0n) is 12.1. The van der Waals surface area contributed by atoms with Gasteiger partial charge in [-0.3, -0.25) is 4.79 Å². The normalized spacial score (nSPS) is 29.9. The third-order valence-corrected chi connectivity index (χ3v) is 4.60. The van der Waals surface area contributed by atoms with Crippen molar-refractivity contribution in [2.75, 3.05) is 0 Å². The Labute approximate surface area is 128 Å². The van der Waals surface area contributed by atoms with E-state index in [9.17, 15) is 14.4 Å². The van der Waals surface area contributed by atoms with E-state index >= 15 is 0 Å². The highest BCUT2D eigenvalue weighted by Gasteiger charge is 2.44. The Kier molecular flexibility index (Phi) is 4.65. The summed E-state index contributed by atoms with van der Waals surface area (Å²) in [6, 6.07) is 6.05. The van der Waals surface area contributed by atoms with Crippen molar-refractivity contribution in [3.05, 3.63) is 34.6 Å². The molecule has 0 N–H and O–H groups in total. The smallest absolute Gasteiger partial charge is 0.160 e. The molecule has 0 aliphatic carbocycles. The van der Waals surface area contributed by atoms with Crippen LogP contribution in [-0.4, -0.2) is 18.0 Å². The number of halogens is 2. The molecule has 1 aliphatic rings. The van der Waals surface area contributed by atoms with Crippen LogP contribution in [0, 0.1) is 29.0 Å². The second-order valence-electron chi connectivity index (χ2n) is 5.53. The van der Waals surface area contributed by atoms with Crippen LogP contribution in [0.4, 0.5) is 4.39 Å². The zero-order chi connectivity index (χ0) is 15.7. The second-order valence-corrected chi connectivity index (χ2v) is 5.94. The Morgan fingerprint density at radius 1 is 1.38 bits per heavy atom. The molecule has 1 saturated heterocycles. The molecular weight excluding hydrogens is 293 g/mol. The quantitative estimate of drug-likeness (QED) is 0.855. The molecular formula is C16H17ClFNO2. The number of rotatable bonds is 3. The van der Waals surface area contributed by atoms with Crippen molar-refractivity contribution < 1.29 is 13.9 Å². The first-order chi connectivity index (χ1) is 9.88. The molecule has 0 amide bonds. The molecule has 1 fully saturated rings. The fraction of sp³-hybridized carbons (Fsp3) is 0.500. The van der Waals surface area contributed by atoms with Gasteiger partial charge in [0, 0.05) is 10.6 Å². The summed E-state index contributed by atoms with van der Waals surface area (Å²) in [4.78, 5) is 12.7. The molecule has 0 bridgehead atoms. The summed E-state index contributed by atoms with van der Waals surface area (Å²) in [5.41, 5.74) is -0.0365. The average molecular weight is 310 g/mol. The van der Waals surface area contributed by atoms with Crippen LogP contribution in [0.25, 0.3) is 0 Å². The summed E-state index contributed by atoms with van der Waals surface area (Å²) in [7, 11) is 0. The van der Waals surface area contributed by atoms with Crippen LogP contribution in [0.2, 0.25) is 5.02 Å². The summed E-state index contributed by atoms with van der Waals surface area (Å²) in [6.45, 7) is 5.61. The number of ketones is 1. The SMILES string of the molecule is CC1OC(C)C(C(=O)C(C#N)c2c(F)cccc2Cl)C1C. The summed E-state index contributed by atoms with van der Waals surface area (Å²) in [5.74, 6) is -2.61. The van der Waals surface area contributed by atoms with E-state index < -0.39 is 17.7 Å². The largest absolute Gasteiger partial charge is 0.375 e. The number of ether oxygens (including phenoxy) is 1. The summed E-state index contributed by atoms with van der Waals surface area (Å²) < 4.78 is 19.6. The fourth-order valence-corrected chi connectivity index (χ4v) is 3.28. The van der Waals surface area contributed by atoms with Crippen LogP contribution in [0.3, 0.4) is 0 Å². The second kappa shape index (κ2) is 6.13. The van der Waals surface area contributed by atoms with Gasteiger partial charge in [-0.05, 0) is 31.9 Å². The lowest BCUT2D eigenvalue weighted by Gasteiger charge is -2.21. The summed E-state index contributed by atoms with van der Waals surface area (Å²) in [6.07, 6.45) is -0.353. The molecule has 5 unspecified atom stereocenters. The van der Waals surface area contributed by atoms with Gasteiger partial charge in [-0.15, -0.1) is 0 Å². The molecule has 0 saturated carbocycles. The molecule has 1 heterocycles. The van der Waals surface area contributed by atoms with E-state index in [-0.39, 0.29) is 34.5 Å². The molecule has 0 aromatic heterocycles. The van der Waals surface area contributed by atoms with Crippen molar-refractivity contribution in [1.82, 2.24) is 0 Å². The number of carbonyl (C=O) groups is 1. The van der Waals surface area contributed by atoms with Crippen molar-refractivity contribution in [2.45, 2.75) is 38.9 Å². The Bertz CT molecular complexity index is 578. The molecule has 5 atom stereocenters. The lowest BCUT2D eigenvalue weighted by Crippen LogP contribution is -2.31. The molecule has 1 aliphatic heterocycles. The highest BCUT2D eigenvalue weighted by Crippen LogP contribution is 2.38. The molecule has 3 nitrogen and oxygen atoms in total. The first-order valence-electron chi connectivity index (χ1n) is 6.91. The van der Waals surface area contributed by atoms with E-state index in [0.29, 0.717) is 0 Å². The van der Waals surface area contributed by atoms with Gasteiger partial charge in [0.25, 0.3) is 0 Å². The van der Waals surface area contributed by atoms with Crippen LogP contribution in [0.15, 0.2) is 18.2 Å². The predicted octanol–water partition coefficient (Wildman–Crippen LogP) is 3.71. The predicted molar refractivity (Wildman–Crippen MR) is 77.4 cm³/mol. The van der Waals surface area contributed by atoms with Crippen molar-refractivity contribution in [3.8, 4) is 6.07 Å². The van der Waals surface area contributed by atoms with Gasteiger partial charge >= 0.3 is 0 Å². The van der Waals surface area contributed by atoms with E-state index in [0.717, 1.165) is 0 Å². The molecule has 112 valence electrons. The van der Waals surface area contributed by atoms with Crippen molar-refractivity contribution >= 4 is 17.4 Å². The lowest BCUT2D eigenvalue weighted by molar-refractivity contribution is -0.125. The van der Waals surface area contributed by atoms with Crippen LogP contribution in [-0.2, 0) is 9.53 Å². The average Bonchev–Trinajstić information content (AvgIpc) is 2.67. The number of hydrogen-bond donors (Lipinski definition) is 0. The van der Waals surface area contributed by atoms with Crippen LogP contribution < -0.4 is 0 Å². The maximum Gasteiger partial charge on any atom is 0.160 e. The Hall–Kier alpha value is -1.44. The van der Waals surface area contributed by atoms with Gasteiger partial charge in [0.2, 0.25) is 0 Å². The Balaban J connectivity index is 2.39. The van der Waals surface area contributed by atoms with Gasteiger partial charge in [-0.25, -0.2) is 4.39 Å². The van der Waals surface area contributed by atoms with Crippen molar-refractivity contribution in [2.24, 2.45) is 11.8 Å². The first kappa shape index (κ1) is 15.9. The van der Waals surface area contributed by atoms with Gasteiger partial charge in [0.15, 0.2) is 5.78 Å². The standard InChI is InChI=1S/C16H17ClFNO2/c1-8-9(2)21-10(3)14(8)16(20)11(7-19)15-12(17)5-4-6-13(15)18/h4-6,8-11,14H,1-3H3. The van der Waals surface area contributed by atoms with Crippen LogP contribution >= 0.6 is 11.6 Å². The van der Waals surface area contributed by atoms with E-state index in [4.69, 9.17) is 16.3 Å². The number of carbonyl (C=O) groups excluding carboxylic acids is 1. The van der Waals surface area contributed by atoms with Crippen molar-refractivity contribution in [1.29, 1.82) is 5.26 Å². The first-order valence-corrected chi connectivity index (χ1v) is 7.29. The Morgan fingerprint density at radius 2 is 2.05 bits per heavy atom. The minimum absolute atomic E-state index is 0.0195. The van der Waals surface area contributed by atoms with Gasteiger partial charge in [-0.2, -0.15) is 5.26 Å². The van der Waals surface area contributed by atoms with E-state index in [1.807, 2.05) is 19.9 Å².